The van der Waals surface area contributed by atoms with Gasteiger partial charge in [0.05, 0.1) is 28.1 Å². The number of hydrogen-bond acceptors (Lipinski definition) is 4. The lowest BCUT2D eigenvalue weighted by Gasteiger charge is -2.19. The fourth-order valence-corrected chi connectivity index (χ4v) is 3.77. The summed E-state index contributed by atoms with van der Waals surface area (Å²) in [6.07, 6.45) is -3.47. The van der Waals surface area contributed by atoms with Crippen LogP contribution in [-0.2, 0) is 11.0 Å². The number of fused-ring (bicyclic) bond motifs is 1. The van der Waals surface area contributed by atoms with Crippen LogP contribution in [0, 0.1) is 13.8 Å². The number of carbonyl (C=O) groups excluding carboxylic acids is 2. The molecule has 0 spiro atoms. The Morgan fingerprint density at radius 1 is 0.944 bits per heavy atom. The first-order valence-electron chi connectivity index (χ1n) is 10.7. The molecule has 0 radical (unpaired) electrons. The number of hydrogen-bond donors (Lipinski definition) is 3. The summed E-state index contributed by atoms with van der Waals surface area (Å²) in [7, 11) is 0. The zero-order valence-electron chi connectivity index (χ0n) is 19.1. The minimum Gasteiger partial charge on any atom is -0.478 e. The Hall–Kier alpha value is -4.60. The monoisotopic (exact) mass is 495 g/mol. The number of halogens is 3. The van der Waals surface area contributed by atoms with Crippen molar-refractivity contribution in [2.75, 3.05) is 4.90 Å². The summed E-state index contributed by atoms with van der Waals surface area (Å²) in [5, 5.41) is 9.30. The van der Waals surface area contributed by atoms with Gasteiger partial charge in [-0.15, -0.1) is 0 Å². The molecule has 36 heavy (non-hydrogen) atoms. The SMILES string of the molecule is Cc1ccc(C(=O)NN/C=C2\C(=O)N(c3cccc(C(=O)O)c3)c3cc(C(F)(F)F)ccc32)cc1C. The number of anilines is 2. The summed E-state index contributed by atoms with van der Waals surface area (Å²) < 4.78 is 40.2. The molecule has 0 aliphatic carbocycles. The highest BCUT2D eigenvalue weighted by Crippen LogP contribution is 2.44. The second kappa shape index (κ2) is 9.21. The Bertz CT molecular complexity index is 1430. The average Bonchev–Trinajstić information content (AvgIpc) is 3.10. The fourth-order valence-electron chi connectivity index (χ4n) is 3.77. The third-order valence-electron chi connectivity index (χ3n) is 5.81. The standard InChI is InChI=1S/C26H20F3N3O4/c1-14-6-7-16(10-15(14)2)23(33)31-30-13-21-20-9-8-18(26(27,28)29)12-22(20)32(24(21)34)19-5-3-4-17(11-19)25(35)36/h3-13,30H,1-2H3,(H,31,33)(H,35,36)/b21-13-. The molecule has 1 heterocycles. The largest absolute Gasteiger partial charge is 0.478 e. The van der Waals surface area contributed by atoms with Crippen molar-refractivity contribution in [3.63, 3.8) is 0 Å². The molecule has 0 unspecified atom stereocenters. The number of benzene rings is 3. The highest BCUT2D eigenvalue weighted by molar-refractivity contribution is 6.35. The van der Waals surface area contributed by atoms with Gasteiger partial charge in [0.15, 0.2) is 0 Å². The summed E-state index contributed by atoms with van der Waals surface area (Å²) >= 11 is 0. The first-order chi connectivity index (χ1) is 17.0. The number of carboxylic acids is 1. The highest BCUT2D eigenvalue weighted by Gasteiger charge is 2.38. The number of aryl methyl sites for hydroxylation is 2. The molecule has 2 amide bonds. The van der Waals surface area contributed by atoms with Gasteiger partial charge in [0.2, 0.25) is 0 Å². The Labute approximate surface area is 203 Å². The maximum Gasteiger partial charge on any atom is 0.416 e. The van der Waals surface area contributed by atoms with E-state index in [2.05, 4.69) is 10.9 Å². The highest BCUT2D eigenvalue weighted by atomic mass is 19.4. The van der Waals surface area contributed by atoms with Crippen LogP contribution in [0.5, 0.6) is 0 Å². The van der Waals surface area contributed by atoms with Crippen molar-refractivity contribution in [2.45, 2.75) is 20.0 Å². The van der Waals surface area contributed by atoms with Crippen molar-refractivity contribution < 1.29 is 32.7 Å². The summed E-state index contributed by atoms with van der Waals surface area (Å²) in [6, 6.07) is 13.3. The van der Waals surface area contributed by atoms with Crippen LogP contribution in [0.25, 0.3) is 5.57 Å². The summed E-state index contributed by atoms with van der Waals surface area (Å²) in [4.78, 5) is 38.2. The number of rotatable bonds is 5. The van der Waals surface area contributed by atoms with Crippen LogP contribution in [0.4, 0.5) is 24.5 Å². The van der Waals surface area contributed by atoms with E-state index in [4.69, 9.17) is 0 Å². The summed E-state index contributed by atoms with van der Waals surface area (Å²) in [5.41, 5.74) is 6.40. The molecule has 0 bridgehead atoms. The Balaban J connectivity index is 1.69. The van der Waals surface area contributed by atoms with Gasteiger partial charge < -0.3 is 10.5 Å². The number of carbonyl (C=O) groups is 3. The maximum absolute atomic E-state index is 13.4. The van der Waals surface area contributed by atoms with Gasteiger partial charge in [-0.05, 0) is 67.4 Å². The van der Waals surface area contributed by atoms with E-state index < -0.39 is 29.5 Å². The maximum atomic E-state index is 13.4. The van der Waals surface area contributed by atoms with Crippen molar-refractivity contribution in [2.24, 2.45) is 0 Å². The van der Waals surface area contributed by atoms with E-state index >= 15 is 0 Å². The van der Waals surface area contributed by atoms with Crippen LogP contribution in [0.1, 0.15) is 43.0 Å². The molecule has 0 atom stereocenters. The molecule has 7 nitrogen and oxygen atoms in total. The molecule has 3 aromatic carbocycles. The minimum absolute atomic E-state index is 0.0140. The van der Waals surface area contributed by atoms with Crippen molar-refractivity contribution in [3.8, 4) is 0 Å². The van der Waals surface area contributed by atoms with Gasteiger partial charge in [0.25, 0.3) is 11.8 Å². The number of amides is 2. The van der Waals surface area contributed by atoms with Crippen LogP contribution in [0.2, 0.25) is 0 Å². The van der Waals surface area contributed by atoms with E-state index in [0.717, 1.165) is 34.2 Å². The predicted octanol–water partition coefficient (Wildman–Crippen LogP) is 4.97. The van der Waals surface area contributed by atoms with E-state index in [1.165, 1.54) is 30.5 Å². The lowest BCUT2D eigenvalue weighted by atomic mass is 10.1. The Morgan fingerprint density at radius 3 is 2.36 bits per heavy atom. The molecule has 1 aliphatic heterocycles. The number of nitrogens with one attached hydrogen (secondary N) is 2. The van der Waals surface area contributed by atoms with Gasteiger partial charge in [0, 0.05) is 17.3 Å². The zero-order chi connectivity index (χ0) is 26.2. The quantitative estimate of drug-likeness (QED) is 0.343. The number of alkyl halides is 3. The van der Waals surface area contributed by atoms with Crippen molar-refractivity contribution in [1.29, 1.82) is 0 Å². The van der Waals surface area contributed by atoms with Gasteiger partial charge in [-0.3, -0.25) is 19.9 Å². The molecular formula is C26H20F3N3O4. The third-order valence-corrected chi connectivity index (χ3v) is 5.81. The molecule has 0 aromatic heterocycles. The molecule has 4 rings (SSSR count). The van der Waals surface area contributed by atoms with E-state index in [-0.39, 0.29) is 28.1 Å². The minimum atomic E-state index is -4.66. The molecular weight excluding hydrogens is 475 g/mol. The first-order valence-corrected chi connectivity index (χ1v) is 10.7. The lowest BCUT2D eigenvalue weighted by Crippen LogP contribution is -2.34. The normalized spacial score (nSPS) is 14.1. The van der Waals surface area contributed by atoms with E-state index in [0.29, 0.717) is 5.56 Å². The summed E-state index contributed by atoms with van der Waals surface area (Å²) in [6.45, 7) is 3.77. The zero-order valence-corrected chi connectivity index (χ0v) is 19.1. The Kier molecular flexibility index (Phi) is 6.28. The number of aromatic carboxylic acids is 1. The van der Waals surface area contributed by atoms with Crippen molar-refractivity contribution in [3.05, 3.63) is 100 Å². The van der Waals surface area contributed by atoms with Gasteiger partial charge in [0.1, 0.15) is 0 Å². The van der Waals surface area contributed by atoms with Crippen LogP contribution in [-0.4, -0.2) is 22.9 Å². The smallest absolute Gasteiger partial charge is 0.416 e. The van der Waals surface area contributed by atoms with Gasteiger partial charge >= 0.3 is 12.1 Å². The Morgan fingerprint density at radius 2 is 1.69 bits per heavy atom. The molecule has 10 heteroatoms. The predicted molar refractivity (Wildman–Crippen MR) is 126 cm³/mol. The molecule has 184 valence electrons. The van der Waals surface area contributed by atoms with Crippen LogP contribution < -0.4 is 15.8 Å². The molecule has 0 fully saturated rings. The molecule has 3 N–H and O–H groups in total. The topological polar surface area (TPSA) is 98.7 Å². The first kappa shape index (κ1) is 24.5. The fraction of sp³-hybridized carbons (Fsp3) is 0.115. The van der Waals surface area contributed by atoms with Crippen molar-refractivity contribution >= 4 is 34.7 Å². The molecule has 0 saturated carbocycles. The number of carboxylic acid groups (broad SMARTS) is 1. The van der Waals surface area contributed by atoms with Crippen molar-refractivity contribution in [1.82, 2.24) is 10.9 Å². The number of hydrazine groups is 1. The number of nitrogens with zero attached hydrogens (tertiary/aromatic N) is 1. The van der Waals surface area contributed by atoms with Gasteiger partial charge in [-0.25, -0.2) is 4.79 Å². The van der Waals surface area contributed by atoms with E-state index in [1.807, 2.05) is 13.8 Å². The third kappa shape index (κ3) is 4.65. The molecule has 1 aliphatic rings. The molecule has 0 saturated heterocycles. The lowest BCUT2D eigenvalue weighted by molar-refractivity contribution is -0.137. The van der Waals surface area contributed by atoms with Crippen LogP contribution in [0.15, 0.2) is 66.9 Å². The van der Waals surface area contributed by atoms with Gasteiger partial charge in [-0.1, -0.05) is 18.2 Å². The average molecular weight is 495 g/mol. The molecule has 3 aromatic rings. The van der Waals surface area contributed by atoms with Gasteiger partial charge in [-0.2, -0.15) is 13.2 Å². The van der Waals surface area contributed by atoms with E-state index in [1.54, 1.807) is 18.2 Å². The van der Waals surface area contributed by atoms with E-state index in [9.17, 15) is 32.7 Å². The summed E-state index contributed by atoms with van der Waals surface area (Å²) in [5.74, 6) is -2.42. The second-order valence-corrected chi connectivity index (χ2v) is 8.18. The van der Waals surface area contributed by atoms with Crippen LogP contribution >= 0.6 is 0 Å². The second-order valence-electron chi connectivity index (χ2n) is 8.18. The van der Waals surface area contributed by atoms with Crippen LogP contribution in [0.3, 0.4) is 0 Å².